The van der Waals surface area contributed by atoms with E-state index >= 15 is 0 Å². The number of carbonyl (C=O) groups is 1. The van der Waals surface area contributed by atoms with E-state index in [0.29, 0.717) is 6.04 Å². The molecule has 5 heteroatoms. The van der Waals surface area contributed by atoms with Crippen LogP contribution in [-0.4, -0.2) is 67.8 Å². The average Bonchev–Trinajstić information content (AvgIpc) is 2.96. The molecule has 2 heterocycles. The minimum absolute atomic E-state index is 0.173. The standard InChI is InChI=1S/C15H25N3O2/c19-15(16-3-4-17-5-7-20-8-6-17)18-10-13-11-1-2-12(9-11)14(13)18/h11-14H,1-10H2,(H,16,19)/t11-,12-,13-,14+/m0/s1. The highest BCUT2D eigenvalue weighted by atomic mass is 16.5. The zero-order valence-corrected chi connectivity index (χ0v) is 12.1. The van der Waals surface area contributed by atoms with Gasteiger partial charge in [-0.1, -0.05) is 0 Å². The number of urea groups is 1. The van der Waals surface area contributed by atoms with Crippen molar-refractivity contribution in [2.24, 2.45) is 17.8 Å². The Morgan fingerprint density at radius 3 is 2.80 bits per heavy atom. The SMILES string of the molecule is O=C(NCCN1CCOCC1)N1C[C@H]2[C@H]3CC[C@@H](C3)[C@H]21. The molecule has 2 aliphatic heterocycles. The number of likely N-dealkylation sites (tertiary alicyclic amines) is 1. The van der Waals surface area contributed by atoms with Crippen molar-refractivity contribution in [3.05, 3.63) is 0 Å². The number of hydrogen-bond acceptors (Lipinski definition) is 3. The van der Waals surface area contributed by atoms with E-state index in [1.807, 2.05) is 0 Å². The van der Waals surface area contributed by atoms with Crippen LogP contribution < -0.4 is 5.32 Å². The third-order valence-corrected chi connectivity index (χ3v) is 5.88. The van der Waals surface area contributed by atoms with Gasteiger partial charge < -0.3 is 15.0 Å². The Labute approximate surface area is 120 Å². The summed E-state index contributed by atoms with van der Waals surface area (Å²) >= 11 is 0. The number of ether oxygens (including phenoxy) is 1. The Morgan fingerprint density at radius 2 is 2.00 bits per heavy atom. The van der Waals surface area contributed by atoms with Crippen molar-refractivity contribution < 1.29 is 9.53 Å². The van der Waals surface area contributed by atoms with Gasteiger partial charge in [0, 0.05) is 44.7 Å². The Kier molecular flexibility index (Phi) is 3.34. The maximum atomic E-state index is 12.3. The number of nitrogens with zero attached hydrogens (tertiary/aromatic N) is 2. The van der Waals surface area contributed by atoms with Gasteiger partial charge in [-0.3, -0.25) is 4.90 Å². The summed E-state index contributed by atoms with van der Waals surface area (Å²) in [6.45, 7) is 6.36. The summed E-state index contributed by atoms with van der Waals surface area (Å²) in [5, 5.41) is 3.11. The molecule has 2 amide bonds. The molecule has 0 aromatic rings. The minimum atomic E-state index is 0.173. The summed E-state index contributed by atoms with van der Waals surface area (Å²) in [4.78, 5) is 16.7. The number of rotatable bonds is 3. The topological polar surface area (TPSA) is 44.8 Å². The predicted octanol–water partition coefficient (Wildman–Crippen LogP) is 0.758. The first-order valence-electron chi connectivity index (χ1n) is 8.17. The minimum Gasteiger partial charge on any atom is -0.379 e. The van der Waals surface area contributed by atoms with Crippen LogP contribution >= 0.6 is 0 Å². The normalized spacial score (nSPS) is 39.5. The summed E-state index contributed by atoms with van der Waals surface area (Å²) in [5.41, 5.74) is 0. The number of hydrogen-bond donors (Lipinski definition) is 1. The number of nitrogens with one attached hydrogen (secondary N) is 1. The maximum Gasteiger partial charge on any atom is 0.317 e. The van der Waals surface area contributed by atoms with Gasteiger partial charge in [-0.2, -0.15) is 0 Å². The van der Waals surface area contributed by atoms with Crippen LogP contribution in [0, 0.1) is 17.8 Å². The zero-order chi connectivity index (χ0) is 13.5. The van der Waals surface area contributed by atoms with Gasteiger partial charge in [0.05, 0.1) is 13.2 Å². The second kappa shape index (κ2) is 5.19. The van der Waals surface area contributed by atoms with Gasteiger partial charge in [-0.25, -0.2) is 4.79 Å². The fourth-order valence-corrected chi connectivity index (χ4v) is 4.80. The van der Waals surface area contributed by atoms with Crippen LogP contribution in [0.1, 0.15) is 19.3 Å². The first-order chi connectivity index (χ1) is 9.83. The van der Waals surface area contributed by atoms with Crippen molar-refractivity contribution in [2.45, 2.75) is 25.3 Å². The number of fused-ring (bicyclic) bond motifs is 5. The molecule has 0 spiro atoms. The second-order valence-electron chi connectivity index (χ2n) is 6.83. The number of amides is 2. The van der Waals surface area contributed by atoms with Crippen LogP contribution in [0.3, 0.4) is 0 Å². The van der Waals surface area contributed by atoms with E-state index in [-0.39, 0.29) is 6.03 Å². The second-order valence-corrected chi connectivity index (χ2v) is 6.83. The Balaban J connectivity index is 1.21. The molecule has 0 radical (unpaired) electrons. The van der Waals surface area contributed by atoms with Gasteiger partial charge >= 0.3 is 6.03 Å². The largest absolute Gasteiger partial charge is 0.379 e. The van der Waals surface area contributed by atoms with E-state index in [4.69, 9.17) is 4.74 Å². The molecule has 4 atom stereocenters. The molecule has 1 N–H and O–H groups in total. The Hall–Kier alpha value is -0.810. The van der Waals surface area contributed by atoms with Crippen molar-refractivity contribution >= 4 is 6.03 Å². The van der Waals surface area contributed by atoms with Crippen LogP contribution in [0.15, 0.2) is 0 Å². The molecule has 4 fully saturated rings. The lowest BCUT2D eigenvalue weighted by Gasteiger charge is -2.50. The Bertz CT molecular complexity index is 381. The highest BCUT2D eigenvalue weighted by Gasteiger charge is 2.57. The van der Waals surface area contributed by atoms with Crippen molar-refractivity contribution in [3.63, 3.8) is 0 Å². The molecular weight excluding hydrogens is 254 g/mol. The van der Waals surface area contributed by atoms with Gasteiger partial charge in [-0.05, 0) is 31.1 Å². The first kappa shape index (κ1) is 12.9. The van der Waals surface area contributed by atoms with Crippen molar-refractivity contribution in [1.29, 1.82) is 0 Å². The summed E-state index contributed by atoms with van der Waals surface area (Å²) in [7, 11) is 0. The molecule has 2 aliphatic carbocycles. The third-order valence-electron chi connectivity index (χ3n) is 5.88. The molecule has 2 saturated carbocycles. The van der Waals surface area contributed by atoms with Crippen LogP contribution in [0.2, 0.25) is 0 Å². The quantitative estimate of drug-likeness (QED) is 0.829. The molecule has 0 aromatic heterocycles. The molecule has 112 valence electrons. The van der Waals surface area contributed by atoms with Gasteiger partial charge in [-0.15, -0.1) is 0 Å². The summed E-state index contributed by atoms with van der Waals surface area (Å²) in [5.74, 6) is 2.57. The fourth-order valence-electron chi connectivity index (χ4n) is 4.80. The summed E-state index contributed by atoms with van der Waals surface area (Å²) in [6.07, 6.45) is 4.15. The Morgan fingerprint density at radius 1 is 1.20 bits per heavy atom. The van der Waals surface area contributed by atoms with Crippen LogP contribution in [0.4, 0.5) is 4.79 Å². The smallest absolute Gasteiger partial charge is 0.317 e. The van der Waals surface area contributed by atoms with Gasteiger partial charge in [0.15, 0.2) is 0 Å². The average molecular weight is 279 g/mol. The zero-order valence-electron chi connectivity index (χ0n) is 12.1. The summed E-state index contributed by atoms with van der Waals surface area (Å²) in [6, 6.07) is 0.754. The first-order valence-corrected chi connectivity index (χ1v) is 8.17. The van der Waals surface area contributed by atoms with Crippen LogP contribution in [-0.2, 0) is 4.74 Å². The lowest BCUT2D eigenvalue weighted by atomic mass is 9.77. The van der Waals surface area contributed by atoms with E-state index in [1.165, 1.54) is 19.3 Å². The lowest BCUT2D eigenvalue weighted by Crippen LogP contribution is -2.63. The van der Waals surface area contributed by atoms with E-state index in [0.717, 1.165) is 63.7 Å². The molecule has 0 aromatic carbocycles. The maximum absolute atomic E-state index is 12.3. The highest BCUT2D eigenvalue weighted by molar-refractivity contribution is 5.75. The fraction of sp³-hybridized carbons (Fsp3) is 0.933. The lowest BCUT2D eigenvalue weighted by molar-refractivity contribution is 0.0112. The number of carbonyl (C=O) groups excluding carboxylic acids is 1. The predicted molar refractivity (Wildman–Crippen MR) is 75.5 cm³/mol. The van der Waals surface area contributed by atoms with Crippen molar-refractivity contribution in [3.8, 4) is 0 Å². The molecule has 2 saturated heterocycles. The van der Waals surface area contributed by atoms with E-state index in [1.54, 1.807) is 0 Å². The number of morpholine rings is 1. The summed E-state index contributed by atoms with van der Waals surface area (Å²) < 4.78 is 5.33. The molecule has 0 unspecified atom stereocenters. The molecule has 2 bridgehead atoms. The third kappa shape index (κ3) is 2.11. The van der Waals surface area contributed by atoms with E-state index in [2.05, 4.69) is 15.1 Å². The van der Waals surface area contributed by atoms with Gasteiger partial charge in [0.1, 0.15) is 0 Å². The molecule has 5 nitrogen and oxygen atoms in total. The highest BCUT2D eigenvalue weighted by Crippen LogP contribution is 2.55. The molecule has 20 heavy (non-hydrogen) atoms. The van der Waals surface area contributed by atoms with Crippen LogP contribution in [0.5, 0.6) is 0 Å². The van der Waals surface area contributed by atoms with Gasteiger partial charge in [0.25, 0.3) is 0 Å². The van der Waals surface area contributed by atoms with Crippen molar-refractivity contribution in [2.75, 3.05) is 45.9 Å². The van der Waals surface area contributed by atoms with Crippen molar-refractivity contribution in [1.82, 2.24) is 15.1 Å². The van der Waals surface area contributed by atoms with E-state index in [9.17, 15) is 4.79 Å². The van der Waals surface area contributed by atoms with Crippen LogP contribution in [0.25, 0.3) is 0 Å². The molecular formula is C15H25N3O2. The monoisotopic (exact) mass is 279 g/mol. The van der Waals surface area contributed by atoms with E-state index < -0.39 is 0 Å². The molecule has 4 rings (SSSR count). The molecule has 4 aliphatic rings. The van der Waals surface area contributed by atoms with Gasteiger partial charge in [0.2, 0.25) is 0 Å².